The number of ether oxygens (including phenoxy) is 1. The van der Waals surface area contributed by atoms with E-state index in [9.17, 15) is 17.6 Å². The van der Waals surface area contributed by atoms with E-state index in [4.69, 9.17) is 16.3 Å². The third-order valence-electron chi connectivity index (χ3n) is 6.60. The summed E-state index contributed by atoms with van der Waals surface area (Å²) in [5.41, 5.74) is 1.14. The zero-order valence-corrected chi connectivity index (χ0v) is 20.1. The van der Waals surface area contributed by atoms with Crippen molar-refractivity contribution in [3.8, 4) is 5.75 Å². The molecule has 2 aliphatic heterocycles. The Labute approximate surface area is 199 Å². The minimum atomic E-state index is -3.78. The van der Waals surface area contributed by atoms with E-state index < -0.39 is 15.8 Å². The highest BCUT2D eigenvalue weighted by Gasteiger charge is 2.37. The third-order valence-corrected chi connectivity index (χ3v) is 8.78. The minimum Gasteiger partial charge on any atom is -0.497 e. The lowest BCUT2D eigenvalue weighted by Crippen LogP contribution is -2.46. The molecule has 2 fully saturated rings. The molecular weight excluding hydrogens is 467 g/mol. The highest BCUT2D eigenvalue weighted by molar-refractivity contribution is 7.89. The molecule has 0 aliphatic carbocycles. The van der Waals surface area contributed by atoms with Gasteiger partial charge in [0, 0.05) is 31.6 Å². The summed E-state index contributed by atoms with van der Waals surface area (Å²) in [6.45, 7) is 1.24. The molecule has 4 rings (SSSR count). The molecule has 1 amide bonds. The van der Waals surface area contributed by atoms with Crippen molar-refractivity contribution in [1.29, 1.82) is 0 Å². The normalized spacial score (nSPS) is 20.2. The Bertz CT molecular complexity index is 1120. The molecule has 0 bridgehead atoms. The summed E-state index contributed by atoms with van der Waals surface area (Å²) in [6.07, 6.45) is 3.65. The highest BCUT2D eigenvalue weighted by atomic mass is 35.5. The van der Waals surface area contributed by atoms with Crippen LogP contribution < -0.4 is 4.74 Å². The van der Waals surface area contributed by atoms with Gasteiger partial charge in [-0.3, -0.25) is 4.79 Å². The van der Waals surface area contributed by atoms with Crippen LogP contribution >= 0.6 is 11.6 Å². The maximum atomic E-state index is 13.4. The van der Waals surface area contributed by atoms with Crippen molar-refractivity contribution in [3.63, 3.8) is 0 Å². The minimum absolute atomic E-state index is 0.0310. The fourth-order valence-corrected chi connectivity index (χ4v) is 6.52. The molecule has 2 aromatic carbocycles. The van der Waals surface area contributed by atoms with Gasteiger partial charge in [0.1, 0.15) is 11.6 Å². The Kier molecular flexibility index (Phi) is 7.26. The summed E-state index contributed by atoms with van der Waals surface area (Å²) in [5.74, 6) is 0.0647. The van der Waals surface area contributed by atoms with Crippen LogP contribution in [0.1, 0.15) is 31.2 Å². The first-order chi connectivity index (χ1) is 15.8. The number of methoxy groups -OCH3 is 1. The third kappa shape index (κ3) is 5.18. The SMILES string of the molecule is COc1cccc(CC2CCCN2C(=O)C2CCN(S(=O)(=O)c3ccc(F)c(Cl)c3)CC2)c1. The largest absolute Gasteiger partial charge is 0.497 e. The number of hydrogen-bond acceptors (Lipinski definition) is 4. The van der Waals surface area contributed by atoms with E-state index in [-0.39, 0.29) is 40.9 Å². The van der Waals surface area contributed by atoms with E-state index in [0.29, 0.717) is 12.8 Å². The van der Waals surface area contributed by atoms with Gasteiger partial charge in [0.05, 0.1) is 17.0 Å². The Balaban J connectivity index is 1.38. The number of nitrogens with zero attached hydrogens (tertiary/aromatic N) is 2. The smallest absolute Gasteiger partial charge is 0.243 e. The molecule has 9 heteroatoms. The monoisotopic (exact) mass is 494 g/mol. The summed E-state index contributed by atoms with van der Waals surface area (Å²) in [6, 6.07) is 11.5. The first kappa shape index (κ1) is 24.0. The first-order valence-electron chi connectivity index (χ1n) is 11.2. The molecule has 0 N–H and O–H groups in total. The van der Waals surface area contributed by atoms with Crippen LogP contribution in [0.2, 0.25) is 5.02 Å². The van der Waals surface area contributed by atoms with Crippen LogP contribution in [-0.2, 0) is 21.2 Å². The standard InChI is InChI=1S/C24H28ClFN2O4S/c1-32-20-6-2-4-17(15-20)14-19-5-3-11-28(19)24(29)18-9-12-27(13-10-18)33(30,31)21-7-8-23(26)22(25)16-21/h2,4,6-8,15-16,18-19H,3,5,9-14H2,1H3. The van der Waals surface area contributed by atoms with Crippen molar-refractivity contribution in [2.75, 3.05) is 26.7 Å². The van der Waals surface area contributed by atoms with Gasteiger partial charge in [-0.05, 0) is 68.0 Å². The predicted molar refractivity (Wildman–Crippen MR) is 124 cm³/mol. The van der Waals surface area contributed by atoms with Crippen LogP contribution in [0.4, 0.5) is 4.39 Å². The molecule has 6 nitrogen and oxygen atoms in total. The van der Waals surface area contributed by atoms with E-state index in [1.165, 1.54) is 10.4 Å². The van der Waals surface area contributed by atoms with Gasteiger partial charge in [-0.1, -0.05) is 23.7 Å². The van der Waals surface area contributed by atoms with Crippen LogP contribution in [0.15, 0.2) is 47.4 Å². The number of hydrogen-bond donors (Lipinski definition) is 0. The fourth-order valence-electron chi connectivity index (χ4n) is 4.77. The van der Waals surface area contributed by atoms with Gasteiger partial charge >= 0.3 is 0 Å². The molecule has 2 aromatic rings. The van der Waals surface area contributed by atoms with Gasteiger partial charge in [-0.15, -0.1) is 0 Å². The zero-order chi connectivity index (χ0) is 23.6. The number of benzene rings is 2. The lowest BCUT2D eigenvalue weighted by Gasteiger charge is -2.34. The Morgan fingerprint density at radius 3 is 2.58 bits per heavy atom. The lowest BCUT2D eigenvalue weighted by atomic mass is 9.95. The maximum absolute atomic E-state index is 13.4. The quantitative estimate of drug-likeness (QED) is 0.605. The summed E-state index contributed by atoms with van der Waals surface area (Å²) in [5, 5.41) is -0.225. The number of carbonyl (C=O) groups excluding carboxylic acids is 1. The summed E-state index contributed by atoms with van der Waals surface area (Å²) in [4.78, 5) is 15.3. The second-order valence-corrected chi connectivity index (χ2v) is 11.0. The van der Waals surface area contributed by atoms with Crippen molar-refractivity contribution in [1.82, 2.24) is 9.21 Å². The highest BCUT2D eigenvalue weighted by Crippen LogP contribution is 2.30. The molecule has 1 unspecified atom stereocenters. The first-order valence-corrected chi connectivity index (χ1v) is 13.0. The van der Waals surface area contributed by atoms with Gasteiger partial charge in [0.2, 0.25) is 15.9 Å². The van der Waals surface area contributed by atoms with Crippen LogP contribution in [0, 0.1) is 11.7 Å². The maximum Gasteiger partial charge on any atom is 0.243 e. The van der Waals surface area contributed by atoms with Gasteiger partial charge in [-0.2, -0.15) is 4.31 Å². The number of amides is 1. The van der Waals surface area contributed by atoms with Crippen molar-refractivity contribution < 1.29 is 22.3 Å². The molecule has 0 spiro atoms. The molecule has 2 heterocycles. The topological polar surface area (TPSA) is 66.9 Å². The Hall–Kier alpha value is -2.16. The number of sulfonamides is 1. The van der Waals surface area contributed by atoms with Crippen molar-refractivity contribution >= 4 is 27.5 Å². The second kappa shape index (κ2) is 9.99. The number of halogens is 2. The Morgan fingerprint density at radius 1 is 1.12 bits per heavy atom. The second-order valence-electron chi connectivity index (χ2n) is 8.64. The average Bonchev–Trinajstić information content (AvgIpc) is 3.28. The molecule has 2 aliphatic rings. The number of rotatable bonds is 6. The molecule has 33 heavy (non-hydrogen) atoms. The lowest BCUT2D eigenvalue weighted by molar-refractivity contribution is -0.137. The van der Waals surface area contributed by atoms with E-state index in [1.54, 1.807) is 7.11 Å². The fraction of sp³-hybridized carbons (Fsp3) is 0.458. The van der Waals surface area contributed by atoms with E-state index in [2.05, 4.69) is 6.07 Å². The average molecular weight is 495 g/mol. The van der Waals surface area contributed by atoms with E-state index in [1.807, 2.05) is 23.1 Å². The number of carbonyl (C=O) groups is 1. The zero-order valence-electron chi connectivity index (χ0n) is 18.5. The molecule has 1 atom stereocenters. The molecule has 0 saturated carbocycles. The van der Waals surface area contributed by atoms with Gasteiger partial charge in [0.15, 0.2) is 0 Å². The summed E-state index contributed by atoms with van der Waals surface area (Å²) < 4.78 is 46.0. The molecule has 2 saturated heterocycles. The van der Waals surface area contributed by atoms with E-state index in [0.717, 1.165) is 49.3 Å². The van der Waals surface area contributed by atoms with Gasteiger partial charge < -0.3 is 9.64 Å². The van der Waals surface area contributed by atoms with Crippen molar-refractivity contribution in [2.24, 2.45) is 5.92 Å². The number of likely N-dealkylation sites (tertiary alicyclic amines) is 1. The van der Waals surface area contributed by atoms with Crippen molar-refractivity contribution in [3.05, 3.63) is 58.9 Å². The van der Waals surface area contributed by atoms with Crippen molar-refractivity contribution in [2.45, 2.75) is 43.0 Å². The van der Waals surface area contributed by atoms with Crippen LogP contribution in [0.25, 0.3) is 0 Å². The molecule has 178 valence electrons. The summed E-state index contributed by atoms with van der Waals surface area (Å²) in [7, 11) is -2.14. The predicted octanol–water partition coefficient (Wildman–Crippen LogP) is 4.12. The molecule has 0 aromatic heterocycles. The molecule has 0 radical (unpaired) electrons. The van der Waals surface area contributed by atoms with Crippen LogP contribution in [0.3, 0.4) is 0 Å². The Morgan fingerprint density at radius 2 is 1.88 bits per heavy atom. The van der Waals surface area contributed by atoms with Gasteiger partial charge in [-0.25, -0.2) is 12.8 Å². The summed E-state index contributed by atoms with van der Waals surface area (Å²) >= 11 is 5.77. The van der Waals surface area contributed by atoms with E-state index >= 15 is 0 Å². The van der Waals surface area contributed by atoms with Gasteiger partial charge in [0.25, 0.3) is 0 Å². The van der Waals surface area contributed by atoms with Crippen LogP contribution in [0.5, 0.6) is 5.75 Å². The van der Waals surface area contributed by atoms with Crippen LogP contribution in [-0.4, -0.2) is 56.3 Å². The molecular formula is C24H28ClFN2O4S. The number of piperidine rings is 1.